The molecule has 0 bridgehead atoms. The zero-order chi connectivity index (χ0) is 20.4. The van der Waals surface area contributed by atoms with E-state index in [0.29, 0.717) is 24.4 Å². The summed E-state index contributed by atoms with van der Waals surface area (Å²) in [5.41, 5.74) is 14.6. The van der Waals surface area contributed by atoms with Gasteiger partial charge in [0.1, 0.15) is 5.82 Å². The number of nitrogens with two attached hydrogens (primary N) is 2. The van der Waals surface area contributed by atoms with Gasteiger partial charge in [0, 0.05) is 48.8 Å². The molecule has 3 aromatic heterocycles. The molecular weight excluding hydrogens is 374 g/mol. The number of nitrogens with one attached hydrogen (secondary N) is 3. The summed E-state index contributed by atoms with van der Waals surface area (Å²) in [6.45, 7) is 0.855. The summed E-state index contributed by atoms with van der Waals surface area (Å²) in [6, 6.07) is 1.54. The van der Waals surface area contributed by atoms with Gasteiger partial charge in [0.05, 0.1) is 24.1 Å². The molecule has 3 aromatic rings. The number of carbonyl (C=O) groups excluding carboxylic acids is 2. The van der Waals surface area contributed by atoms with E-state index >= 15 is 0 Å². The average Bonchev–Trinajstić information content (AvgIpc) is 3.37. The second-order valence-corrected chi connectivity index (χ2v) is 7.13. The summed E-state index contributed by atoms with van der Waals surface area (Å²) in [6.07, 6.45) is 6.80. The number of H-pyrrole nitrogens is 1. The van der Waals surface area contributed by atoms with Crippen molar-refractivity contribution in [2.45, 2.75) is 31.2 Å². The summed E-state index contributed by atoms with van der Waals surface area (Å²) in [5.74, 6) is 0.0801. The van der Waals surface area contributed by atoms with Crippen molar-refractivity contribution >= 4 is 23.3 Å². The highest BCUT2D eigenvalue weighted by molar-refractivity contribution is 5.82. The van der Waals surface area contributed by atoms with Crippen molar-refractivity contribution in [2.75, 3.05) is 18.8 Å². The summed E-state index contributed by atoms with van der Waals surface area (Å²) in [7, 11) is 0. The minimum atomic E-state index is -0.435. The monoisotopic (exact) mass is 397 g/mol. The van der Waals surface area contributed by atoms with Crippen molar-refractivity contribution in [3.05, 3.63) is 30.4 Å². The van der Waals surface area contributed by atoms with Crippen LogP contribution in [0.1, 0.15) is 30.9 Å². The number of rotatable bonds is 6. The molecule has 2 amide bonds. The highest BCUT2D eigenvalue weighted by Crippen LogP contribution is 2.29. The number of aromatic amines is 1. The second-order valence-electron chi connectivity index (χ2n) is 7.13. The molecule has 0 saturated carbocycles. The molecule has 0 spiro atoms. The average molecular weight is 397 g/mol. The molecule has 4 heterocycles. The van der Waals surface area contributed by atoms with Gasteiger partial charge in [-0.3, -0.25) is 14.7 Å². The normalized spacial score (nSPS) is 19.3. The van der Waals surface area contributed by atoms with Crippen LogP contribution >= 0.6 is 0 Å². The standard InChI is InChI=1S/C18H23N9O2/c19-15-5-14(26-17-12(9-25-27(15)17)11-7-23-24-8-11)10-1-2-13(22-6-10)18(29)21-4-3-16(20)28/h5,7-10,13,22H,1-4,6,19H2,(H2,20,28)(H,21,29)(H,23,24). The smallest absolute Gasteiger partial charge is 0.237 e. The van der Waals surface area contributed by atoms with Crippen molar-refractivity contribution in [3.8, 4) is 11.1 Å². The highest BCUT2D eigenvalue weighted by atomic mass is 16.2. The summed E-state index contributed by atoms with van der Waals surface area (Å²) in [5, 5.41) is 17.1. The number of aromatic nitrogens is 5. The lowest BCUT2D eigenvalue weighted by Gasteiger charge is -2.29. The van der Waals surface area contributed by atoms with Gasteiger partial charge in [0.15, 0.2) is 5.65 Å². The Labute approximate surface area is 166 Å². The molecule has 152 valence electrons. The summed E-state index contributed by atoms with van der Waals surface area (Å²) < 4.78 is 1.61. The van der Waals surface area contributed by atoms with Crippen molar-refractivity contribution in [1.82, 2.24) is 35.4 Å². The van der Waals surface area contributed by atoms with E-state index in [1.807, 2.05) is 6.07 Å². The van der Waals surface area contributed by atoms with Crippen LogP contribution in [0, 0.1) is 0 Å². The van der Waals surface area contributed by atoms with Gasteiger partial charge in [-0.2, -0.15) is 14.7 Å². The molecule has 7 N–H and O–H groups in total. The Morgan fingerprint density at radius 3 is 2.86 bits per heavy atom. The fourth-order valence-corrected chi connectivity index (χ4v) is 3.58. The molecule has 4 rings (SSSR count). The molecule has 1 saturated heterocycles. The van der Waals surface area contributed by atoms with E-state index in [1.165, 1.54) is 0 Å². The van der Waals surface area contributed by atoms with Gasteiger partial charge in [-0.25, -0.2) is 4.98 Å². The van der Waals surface area contributed by atoms with E-state index in [9.17, 15) is 9.59 Å². The predicted molar refractivity (Wildman–Crippen MR) is 106 cm³/mol. The van der Waals surface area contributed by atoms with E-state index in [-0.39, 0.29) is 30.8 Å². The number of carbonyl (C=O) groups is 2. The van der Waals surface area contributed by atoms with E-state index in [0.717, 1.165) is 23.2 Å². The van der Waals surface area contributed by atoms with Crippen molar-refractivity contribution in [1.29, 1.82) is 0 Å². The zero-order valence-corrected chi connectivity index (χ0v) is 15.8. The first-order valence-electron chi connectivity index (χ1n) is 9.45. The Morgan fingerprint density at radius 2 is 2.17 bits per heavy atom. The fraction of sp³-hybridized carbons (Fsp3) is 0.389. The van der Waals surface area contributed by atoms with Crippen LogP contribution in [0.15, 0.2) is 24.7 Å². The molecule has 1 aliphatic rings. The summed E-state index contributed by atoms with van der Waals surface area (Å²) >= 11 is 0. The number of anilines is 1. The van der Waals surface area contributed by atoms with Crippen LogP contribution in [0.3, 0.4) is 0 Å². The van der Waals surface area contributed by atoms with Crippen LogP contribution in [0.4, 0.5) is 5.82 Å². The van der Waals surface area contributed by atoms with Gasteiger partial charge in [-0.1, -0.05) is 0 Å². The van der Waals surface area contributed by atoms with Crippen molar-refractivity contribution < 1.29 is 9.59 Å². The van der Waals surface area contributed by atoms with Crippen LogP contribution in [0.25, 0.3) is 16.8 Å². The molecule has 1 aliphatic heterocycles. The lowest BCUT2D eigenvalue weighted by atomic mass is 9.91. The van der Waals surface area contributed by atoms with Gasteiger partial charge in [0.2, 0.25) is 11.8 Å². The number of hydrogen-bond donors (Lipinski definition) is 5. The first-order chi connectivity index (χ1) is 14.0. The number of primary amides is 1. The lowest BCUT2D eigenvalue weighted by Crippen LogP contribution is -2.49. The van der Waals surface area contributed by atoms with E-state index in [2.05, 4.69) is 25.9 Å². The SMILES string of the molecule is NC(=O)CCNC(=O)C1CCC(c2cc(N)n3ncc(-c4cn[nH]c4)c3n2)CN1. The second kappa shape index (κ2) is 7.87. The molecule has 11 nitrogen and oxygen atoms in total. The van der Waals surface area contributed by atoms with Crippen LogP contribution < -0.4 is 22.1 Å². The van der Waals surface area contributed by atoms with Gasteiger partial charge in [-0.05, 0) is 12.8 Å². The number of nitrogen functional groups attached to an aromatic ring is 1. The first kappa shape index (κ1) is 18.9. The molecule has 2 unspecified atom stereocenters. The Bertz CT molecular complexity index is 1020. The molecule has 11 heteroatoms. The predicted octanol–water partition coefficient (Wildman–Crippen LogP) is -0.471. The number of fused-ring (bicyclic) bond motifs is 1. The molecule has 0 radical (unpaired) electrons. The number of piperidine rings is 1. The van der Waals surface area contributed by atoms with Crippen molar-refractivity contribution in [3.63, 3.8) is 0 Å². The largest absolute Gasteiger partial charge is 0.384 e. The minimum absolute atomic E-state index is 0.120. The molecule has 29 heavy (non-hydrogen) atoms. The van der Waals surface area contributed by atoms with Crippen LogP contribution in [0.5, 0.6) is 0 Å². The van der Waals surface area contributed by atoms with Gasteiger partial charge < -0.3 is 22.1 Å². The Balaban J connectivity index is 1.46. The Hall–Kier alpha value is -3.47. The minimum Gasteiger partial charge on any atom is -0.384 e. The third kappa shape index (κ3) is 3.90. The zero-order valence-electron chi connectivity index (χ0n) is 15.8. The first-order valence-corrected chi connectivity index (χ1v) is 9.45. The maximum absolute atomic E-state index is 12.2. The maximum Gasteiger partial charge on any atom is 0.237 e. The molecular formula is C18H23N9O2. The molecule has 2 atom stereocenters. The van der Waals surface area contributed by atoms with E-state index < -0.39 is 5.91 Å². The van der Waals surface area contributed by atoms with E-state index in [1.54, 1.807) is 23.1 Å². The van der Waals surface area contributed by atoms with Crippen LogP contribution in [-0.2, 0) is 9.59 Å². The third-order valence-corrected chi connectivity index (χ3v) is 5.15. The highest BCUT2D eigenvalue weighted by Gasteiger charge is 2.28. The van der Waals surface area contributed by atoms with Crippen molar-refractivity contribution in [2.24, 2.45) is 5.73 Å². The maximum atomic E-state index is 12.2. The lowest BCUT2D eigenvalue weighted by molar-refractivity contribution is -0.124. The van der Waals surface area contributed by atoms with Gasteiger partial charge in [0.25, 0.3) is 0 Å². The number of nitrogens with zero attached hydrogens (tertiary/aromatic N) is 4. The number of amides is 2. The molecule has 1 fully saturated rings. The quantitative estimate of drug-likeness (QED) is 0.374. The van der Waals surface area contributed by atoms with Gasteiger partial charge in [-0.15, -0.1) is 0 Å². The van der Waals surface area contributed by atoms with Crippen LogP contribution in [-0.4, -0.2) is 55.7 Å². The fourth-order valence-electron chi connectivity index (χ4n) is 3.58. The van der Waals surface area contributed by atoms with Gasteiger partial charge >= 0.3 is 0 Å². The molecule has 0 aromatic carbocycles. The summed E-state index contributed by atoms with van der Waals surface area (Å²) in [4.78, 5) is 27.8. The topological polar surface area (TPSA) is 169 Å². The number of hydrogen-bond acceptors (Lipinski definition) is 7. The Kier molecular flexibility index (Phi) is 5.12. The molecule has 0 aliphatic carbocycles. The van der Waals surface area contributed by atoms with Crippen LogP contribution in [0.2, 0.25) is 0 Å². The third-order valence-electron chi connectivity index (χ3n) is 5.15. The Morgan fingerprint density at radius 1 is 1.31 bits per heavy atom. The van der Waals surface area contributed by atoms with E-state index in [4.69, 9.17) is 16.5 Å².